The molecule has 2 aromatic heterocycles. The molecule has 3 aromatic rings. The zero-order valence-corrected chi connectivity index (χ0v) is 10.7. The molecule has 1 aromatic carbocycles. The molecule has 0 saturated heterocycles. The normalized spacial score (nSPS) is 10.9. The Balaban J connectivity index is 2.34. The van der Waals surface area contributed by atoms with Crippen molar-refractivity contribution in [3.05, 3.63) is 47.6 Å². The Morgan fingerprint density at radius 3 is 2.71 bits per heavy atom. The van der Waals surface area contributed by atoms with Gasteiger partial charge in [-0.2, -0.15) is 0 Å². The van der Waals surface area contributed by atoms with Gasteiger partial charge in [-0.25, -0.2) is 4.57 Å². The summed E-state index contributed by atoms with van der Waals surface area (Å²) in [5, 5.41) is 1.21. The minimum atomic E-state index is 1.08. The number of nitrogens with zero attached hydrogens (tertiary/aromatic N) is 2. The molecule has 0 spiro atoms. The number of hydrogen-bond donors (Lipinski definition) is 0. The number of hydrogen-bond acceptors (Lipinski definition) is 2. The molecule has 84 valence electrons. The van der Waals surface area contributed by atoms with Crippen LogP contribution in [0, 0.1) is 6.92 Å². The number of aromatic nitrogens is 2. The SMILES string of the molecule is Cc1ccc(-c2nc[n+](C)c3ccccc23)s1. The molecule has 2 nitrogen and oxygen atoms in total. The molecule has 0 radical (unpaired) electrons. The Labute approximate surface area is 104 Å². The van der Waals surface area contributed by atoms with Crippen LogP contribution in [0.1, 0.15) is 4.88 Å². The summed E-state index contributed by atoms with van der Waals surface area (Å²) < 4.78 is 2.05. The van der Waals surface area contributed by atoms with Gasteiger partial charge in [-0.3, -0.25) is 0 Å². The molecule has 0 saturated carbocycles. The standard InChI is InChI=1S/C14H13N2S/c1-10-7-8-13(17-10)14-11-5-3-4-6-12(11)16(2)9-15-14/h3-9H,1-2H3/q+1. The second kappa shape index (κ2) is 3.93. The highest BCUT2D eigenvalue weighted by Crippen LogP contribution is 2.30. The second-order valence-electron chi connectivity index (χ2n) is 4.13. The van der Waals surface area contributed by atoms with Crippen molar-refractivity contribution in [1.82, 2.24) is 4.98 Å². The highest BCUT2D eigenvalue weighted by molar-refractivity contribution is 7.15. The van der Waals surface area contributed by atoms with Crippen molar-refractivity contribution in [2.45, 2.75) is 6.92 Å². The maximum Gasteiger partial charge on any atom is 0.287 e. The van der Waals surface area contributed by atoms with Gasteiger partial charge in [0.1, 0.15) is 5.52 Å². The van der Waals surface area contributed by atoms with Crippen molar-refractivity contribution in [2.24, 2.45) is 7.05 Å². The molecule has 3 rings (SSSR count). The molecule has 3 heteroatoms. The summed E-state index contributed by atoms with van der Waals surface area (Å²) in [5.74, 6) is 0. The predicted molar refractivity (Wildman–Crippen MR) is 71.0 cm³/mol. The van der Waals surface area contributed by atoms with Gasteiger partial charge in [0, 0.05) is 4.88 Å². The monoisotopic (exact) mass is 241 g/mol. The molecule has 0 aliphatic rings. The van der Waals surface area contributed by atoms with Crippen LogP contribution in [0.3, 0.4) is 0 Å². The van der Waals surface area contributed by atoms with E-state index in [9.17, 15) is 0 Å². The Morgan fingerprint density at radius 2 is 1.94 bits per heavy atom. The van der Waals surface area contributed by atoms with Gasteiger partial charge in [-0.05, 0) is 36.2 Å². The van der Waals surface area contributed by atoms with Crippen molar-refractivity contribution in [1.29, 1.82) is 0 Å². The van der Waals surface area contributed by atoms with Crippen molar-refractivity contribution < 1.29 is 4.57 Å². The zero-order valence-electron chi connectivity index (χ0n) is 9.84. The van der Waals surface area contributed by atoms with Crippen LogP contribution in [0.4, 0.5) is 0 Å². The van der Waals surface area contributed by atoms with E-state index in [4.69, 9.17) is 0 Å². The molecule has 0 fully saturated rings. The van der Waals surface area contributed by atoms with Gasteiger partial charge < -0.3 is 0 Å². The van der Waals surface area contributed by atoms with Crippen LogP contribution in [-0.4, -0.2) is 4.98 Å². The fourth-order valence-electron chi connectivity index (χ4n) is 2.02. The Morgan fingerprint density at radius 1 is 1.12 bits per heavy atom. The van der Waals surface area contributed by atoms with E-state index < -0.39 is 0 Å². The largest absolute Gasteiger partial charge is 0.287 e. The highest BCUT2D eigenvalue weighted by atomic mass is 32.1. The van der Waals surface area contributed by atoms with Crippen LogP contribution in [0.2, 0.25) is 0 Å². The first-order chi connectivity index (χ1) is 8.25. The van der Waals surface area contributed by atoms with Gasteiger partial charge in [0.05, 0.1) is 17.3 Å². The molecule has 0 bridgehead atoms. The molecule has 17 heavy (non-hydrogen) atoms. The number of benzene rings is 1. The molecule has 0 atom stereocenters. The molecule has 0 N–H and O–H groups in total. The van der Waals surface area contributed by atoms with Crippen molar-refractivity contribution in [3.63, 3.8) is 0 Å². The molecule has 0 amide bonds. The van der Waals surface area contributed by atoms with Crippen molar-refractivity contribution in [3.8, 4) is 10.6 Å². The maximum absolute atomic E-state index is 4.56. The highest BCUT2D eigenvalue weighted by Gasteiger charge is 2.14. The van der Waals surface area contributed by atoms with E-state index in [-0.39, 0.29) is 0 Å². The first-order valence-corrected chi connectivity index (χ1v) is 6.37. The summed E-state index contributed by atoms with van der Waals surface area (Å²) in [6, 6.07) is 12.7. The van der Waals surface area contributed by atoms with E-state index in [0.29, 0.717) is 0 Å². The number of para-hydroxylation sites is 1. The fourth-order valence-corrected chi connectivity index (χ4v) is 2.89. The van der Waals surface area contributed by atoms with Gasteiger partial charge in [0.25, 0.3) is 6.33 Å². The Kier molecular flexibility index (Phi) is 2.41. The van der Waals surface area contributed by atoms with Crippen LogP contribution in [0.5, 0.6) is 0 Å². The van der Waals surface area contributed by atoms with E-state index in [1.807, 2.05) is 13.4 Å². The lowest BCUT2D eigenvalue weighted by atomic mass is 10.1. The molecule has 0 aliphatic heterocycles. The zero-order chi connectivity index (χ0) is 11.8. The van der Waals surface area contributed by atoms with E-state index >= 15 is 0 Å². The Hall–Kier alpha value is -1.74. The summed E-state index contributed by atoms with van der Waals surface area (Å²) in [6.45, 7) is 2.12. The van der Waals surface area contributed by atoms with Gasteiger partial charge >= 0.3 is 0 Å². The fraction of sp³-hybridized carbons (Fsp3) is 0.143. The van der Waals surface area contributed by atoms with Crippen molar-refractivity contribution in [2.75, 3.05) is 0 Å². The maximum atomic E-state index is 4.56. The van der Waals surface area contributed by atoms with Gasteiger partial charge in [-0.1, -0.05) is 12.1 Å². The molecule has 0 aliphatic carbocycles. The van der Waals surface area contributed by atoms with E-state index in [1.54, 1.807) is 11.3 Å². The summed E-state index contributed by atoms with van der Waals surface area (Å²) in [6.07, 6.45) is 1.88. The van der Waals surface area contributed by atoms with Gasteiger partial charge in [0.2, 0.25) is 5.69 Å². The third-order valence-corrected chi connectivity index (χ3v) is 3.88. The van der Waals surface area contributed by atoms with Gasteiger partial charge in [-0.15, -0.1) is 11.3 Å². The topological polar surface area (TPSA) is 16.8 Å². The smallest absolute Gasteiger partial charge is 0.232 e. The summed E-state index contributed by atoms with van der Waals surface area (Å²) in [5.41, 5.74) is 2.29. The van der Waals surface area contributed by atoms with Crippen LogP contribution in [0.25, 0.3) is 21.5 Å². The van der Waals surface area contributed by atoms with E-state index in [1.165, 1.54) is 20.7 Å². The predicted octanol–water partition coefficient (Wildman–Crippen LogP) is 3.10. The molecular formula is C14H13N2S+. The third kappa shape index (κ3) is 1.72. The lowest BCUT2D eigenvalue weighted by Crippen LogP contribution is -2.29. The van der Waals surface area contributed by atoms with Crippen molar-refractivity contribution >= 4 is 22.2 Å². The number of fused-ring (bicyclic) bond motifs is 1. The molecule has 0 unspecified atom stereocenters. The first kappa shape index (κ1) is 10.4. The Bertz CT molecular complexity index is 686. The lowest BCUT2D eigenvalue weighted by Gasteiger charge is -2.00. The van der Waals surface area contributed by atoms with Crippen LogP contribution in [-0.2, 0) is 7.05 Å². The number of rotatable bonds is 1. The minimum absolute atomic E-state index is 1.08. The number of thiophene rings is 1. The molecular weight excluding hydrogens is 228 g/mol. The van der Waals surface area contributed by atoms with E-state index in [0.717, 1.165) is 5.69 Å². The number of aryl methyl sites for hydroxylation is 2. The summed E-state index contributed by atoms with van der Waals surface area (Å²) in [7, 11) is 2.03. The quantitative estimate of drug-likeness (QED) is 0.598. The van der Waals surface area contributed by atoms with Gasteiger partial charge in [0.15, 0.2) is 0 Å². The summed E-state index contributed by atoms with van der Waals surface area (Å²) in [4.78, 5) is 7.12. The van der Waals surface area contributed by atoms with E-state index in [2.05, 4.69) is 52.9 Å². The summed E-state index contributed by atoms with van der Waals surface area (Å²) >= 11 is 1.79. The average molecular weight is 241 g/mol. The van der Waals surface area contributed by atoms with Crippen LogP contribution in [0.15, 0.2) is 42.7 Å². The second-order valence-corrected chi connectivity index (χ2v) is 5.42. The average Bonchev–Trinajstić information content (AvgIpc) is 2.77. The minimum Gasteiger partial charge on any atom is -0.232 e. The lowest BCUT2D eigenvalue weighted by molar-refractivity contribution is -0.647. The first-order valence-electron chi connectivity index (χ1n) is 5.56. The third-order valence-electron chi connectivity index (χ3n) is 2.87. The van der Waals surface area contributed by atoms with Crippen LogP contribution >= 0.6 is 11.3 Å². The molecule has 2 heterocycles. The van der Waals surface area contributed by atoms with Crippen LogP contribution < -0.4 is 4.57 Å².